The number of alkyl halides is 1. The van der Waals surface area contributed by atoms with Crippen molar-refractivity contribution in [2.75, 3.05) is 0 Å². The van der Waals surface area contributed by atoms with Gasteiger partial charge < -0.3 is 0 Å². The van der Waals surface area contributed by atoms with E-state index in [-0.39, 0.29) is 0 Å². The molecule has 6 saturated carbocycles. The highest BCUT2D eigenvalue weighted by Gasteiger charge is 2.70. The maximum atomic E-state index is 2.88. The largest absolute Gasteiger partial charge is 0.0783 e. The zero-order chi connectivity index (χ0) is 18.3. The van der Waals surface area contributed by atoms with Crippen molar-refractivity contribution in [3.05, 3.63) is 0 Å². The Hall–Kier alpha value is 0.730. The van der Waals surface area contributed by atoms with Gasteiger partial charge in [-0.1, -0.05) is 50.3 Å². The molecular weight excluding hydrogens is 427 g/mol. The molecule has 6 bridgehead atoms. The number of halogens is 1. The maximum Gasteiger partial charge on any atom is 0.0281 e. The van der Waals surface area contributed by atoms with Crippen molar-refractivity contribution < 1.29 is 0 Å². The topological polar surface area (TPSA) is 0 Å². The van der Waals surface area contributed by atoms with E-state index >= 15 is 0 Å². The highest BCUT2D eigenvalue weighted by atomic mass is 127. The molecule has 1 heteroatoms. The zero-order valence-corrected chi connectivity index (χ0v) is 19.8. The van der Waals surface area contributed by atoms with Crippen molar-refractivity contribution in [3.63, 3.8) is 0 Å². The molecule has 0 aliphatic heterocycles. The molecule has 6 aliphatic carbocycles. The summed E-state index contributed by atoms with van der Waals surface area (Å²) in [6.07, 6.45) is 12.6. The van der Waals surface area contributed by atoms with Gasteiger partial charge in [-0.3, -0.25) is 0 Å². The summed E-state index contributed by atoms with van der Waals surface area (Å²) >= 11 is 2.88. The van der Waals surface area contributed by atoms with Gasteiger partial charge >= 0.3 is 0 Å². The molecule has 0 aromatic heterocycles. The van der Waals surface area contributed by atoms with Crippen LogP contribution >= 0.6 is 22.6 Å². The first-order chi connectivity index (χ1) is 12.1. The minimum Gasteiger partial charge on any atom is -0.0783 e. The minimum absolute atomic E-state index is 0.491. The summed E-state index contributed by atoms with van der Waals surface area (Å²) in [5, 5.41) is 0. The first-order valence-corrected chi connectivity index (χ1v) is 12.8. The van der Waals surface area contributed by atoms with Crippen LogP contribution in [-0.4, -0.2) is 3.42 Å². The van der Waals surface area contributed by atoms with Crippen molar-refractivity contribution >= 4 is 22.6 Å². The Morgan fingerprint density at radius 2 is 1.46 bits per heavy atom. The lowest BCUT2D eigenvalue weighted by Crippen LogP contribution is -2.50. The van der Waals surface area contributed by atoms with Gasteiger partial charge in [-0.15, -0.1) is 0 Å². The average Bonchev–Trinajstić information content (AvgIpc) is 3.31. The normalized spacial score (nSPS) is 66.7. The van der Waals surface area contributed by atoms with Crippen molar-refractivity contribution in [2.45, 2.75) is 89.4 Å². The number of rotatable bonds is 2. The molecule has 6 fully saturated rings. The third-order valence-electron chi connectivity index (χ3n) is 12.3. The number of hydrogen-bond acceptors (Lipinski definition) is 0. The van der Waals surface area contributed by atoms with E-state index < -0.39 is 0 Å². The first kappa shape index (κ1) is 17.6. The number of fused-ring (bicyclic) bond motifs is 11. The third kappa shape index (κ3) is 1.81. The SMILES string of the molecule is CC1(CC2CC3(C)CC2C(C)(I)C3(C)C)CC2CC1C1C3CCC(C3)C21. The fraction of sp³-hybridized carbons (Fsp3) is 1.00. The lowest BCUT2D eigenvalue weighted by Gasteiger charge is -2.53. The standard InChI is InChI=1S/C25H39I/c1-22(2)24(4)12-17(19(13-24)25(22,5)26)11-23(3)10-16-9-18(23)21-15-7-6-14(8-15)20(16)21/h14-21H,6-13H2,1-5H3. The molecule has 0 nitrogen and oxygen atoms in total. The summed E-state index contributed by atoms with van der Waals surface area (Å²) in [7, 11) is 0. The van der Waals surface area contributed by atoms with Gasteiger partial charge in [-0.2, -0.15) is 0 Å². The molecule has 0 spiro atoms. The summed E-state index contributed by atoms with van der Waals surface area (Å²) < 4.78 is 0.491. The minimum atomic E-state index is 0.491. The molecule has 11 atom stereocenters. The van der Waals surface area contributed by atoms with E-state index in [0.29, 0.717) is 19.7 Å². The Kier molecular flexibility index (Phi) is 3.31. The van der Waals surface area contributed by atoms with Crippen LogP contribution in [-0.2, 0) is 0 Å². The van der Waals surface area contributed by atoms with E-state index in [1.165, 1.54) is 18.8 Å². The summed E-state index contributed by atoms with van der Waals surface area (Å²) in [5.41, 5.74) is 1.77. The Balaban J connectivity index is 1.26. The lowest BCUT2D eigenvalue weighted by atomic mass is 9.55. The van der Waals surface area contributed by atoms with Gasteiger partial charge in [0, 0.05) is 3.42 Å². The first-order valence-electron chi connectivity index (χ1n) is 11.8. The average molecular weight is 466 g/mol. The van der Waals surface area contributed by atoms with E-state index in [2.05, 4.69) is 57.2 Å². The van der Waals surface area contributed by atoms with Crippen LogP contribution in [0.1, 0.15) is 86.0 Å². The fourth-order valence-corrected chi connectivity index (χ4v) is 12.1. The van der Waals surface area contributed by atoms with E-state index in [4.69, 9.17) is 0 Å². The van der Waals surface area contributed by atoms with Gasteiger partial charge in [-0.05, 0) is 122 Å². The fourth-order valence-electron chi connectivity index (χ4n) is 10.7. The predicted molar refractivity (Wildman–Crippen MR) is 117 cm³/mol. The van der Waals surface area contributed by atoms with Gasteiger partial charge in [0.15, 0.2) is 0 Å². The molecule has 0 N–H and O–H groups in total. The van der Waals surface area contributed by atoms with Crippen LogP contribution in [0.4, 0.5) is 0 Å². The lowest BCUT2D eigenvalue weighted by molar-refractivity contribution is 0.0000215. The molecule has 11 unspecified atom stereocenters. The van der Waals surface area contributed by atoms with Gasteiger partial charge in [0.05, 0.1) is 0 Å². The molecule has 0 heterocycles. The highest BCUT2D eigenvalue weighted by Crippen LogP contribution is 2.77. The van der Waals surface area contributed by atoms with Crippen molar-refractivity contribution in [1.82, 2.24) is 0 Å². The van der Waals surface area contributed by atoms with Gasteiger partial charge in [0.2, 0.25) is 0 Å². The van der Waals surface area contributed by atoms with Crippen LogP contribution in [0.5, 0.6) is 0 Å². The molecule has 146 valence electrons. The summed E-state index contributed by atoms with van der Waals surface area (Å²) in [5.74, 6) is 8.85. The summed E-state index contributed by atoms with van der Waals surface area (Å²) in [6, 6.07) is 0. The molecule has 6 rings (SSSR count). The molecule has 6 aliphatic rings. The Morgan fingerprint density at radius 1 is 0.769 bits per heavy atom. The highest BCUT2D eigenvalue weighted by molar-refractivity contribution is 14.1. The molecule has 0 amide bonds. The quantitative estimate of drug-likeness (QED) is 0.227. The molecule has 0 radical (unpaired) electrons. The number of hydrogen-bond donors (Lipinski definition) is 0. The maximum absolute atomic E-state index is 2.88. The molecule has 0 aromatic rings. The van der Waals surface area contributed by atoms with Crippen molar-refractivity contribution in [2.24, 2.45) is 63.6 Å². The van der Waals surface area contributed by atoms with Crippen LogP contribution in [0.15, 0.2) is 0 Å². The second-order valence-corrected chi connectivity index (χ2v) is 15.4. The van der Waals surface area contributed by atoms with Crippen LogP contribution in [0.3, 0.4) is 0 Å². The summed E-state index contributed by atoms with van der Waals surface area (Å²) in [6.45, 7) is 13.1. The smallest absolute Gasteiger partial charge is 0.0281 e. The van der Waals surface area contributed by atoms with E-state index in [0.717, 1.165) is 41.4 Å². The second kappa shape index (κ2) is 4.89. The van der Waals surface area contributed by atoms with E-state index in [1.807, 2.05) is 0 Å². The predicted octanol–water partition coefficient (Wildman–Crippen LogP) is 7.35. The van der Waals surface area contributed by atoms with E-state index in [1.54, 1.807) is 38.5 Å². The van der Waals surface area contributed by atoms with Crippen LogP contribution in [0, 0.1) is 63.6 Å². The Bertz CT molecular complexity index is 642. The zero-order valence-electron chi connectivity index (χ0n) is 17.7. The monoisotopic (exact) mass is 466 g/mol. The van der Waals surface area contributed by atoms with E-state index in [9.17, 15) is 0 Å². The van der Waals surface area contributed by atoms with Gasteiger partial charge in [0.1, 0.15) is 0 Å². The van der Waals surface area contributed by atoms with Crippen molar-refractivity contribution in [3.8, 4) is 0 Å². The Morgan fingerprint density at radius 3 is 2.12 bits per heavy atom. The van der Waals surface area contributed by atoms with Crippen LogP contribution in [0.2, 0.25) is 0 Å². The Labute approximate surface area is 175 Å². The van der Waals surface area contributed by atoms with Crippen LogP contribution in [0.25, 0.3) is 0 Å². The third-order valence-corrected chi connectivity index (χ3v) is 14.5. The van der Waals surface area contributed by atoms with Crippen LogP contribution < -0.4 is 0 Å². The van der Waals surface area contributed by atoms with Gasteiger partial charge in [-0.25, -0.2) is 0 Å². The van der Waals surface area contributed by atoms with Gasteiger partial charge in [0.25, 0.3) is 0 Å². The molecular formula is C25H39I. The molecule has 26 heavy (non-hydrogen) atoms. The summed E-state index contributed by atoms with van der Waals surface area (Å²) in [4.78, 5) is 0. The van der Waals surface area contributed by atoms with Crippen molar-refractivity contribution in [1.29, 1.82) is 0 Å². The molecule has 0 saturated heterocycles. The second-order valence-electron chi connectivity index (χ2n) is 13.2. The molecule has 0 aromatic carbocycles.